The van der Waals surface area contributed by atoms with Gasteiger partial charge in [-0.1, -0.05) is 32.4 Å². The van der Waals surface area contributed by atoms with Crippen molar-refractivity contribution in [3.05, 3.63) is 57.1 Å². The number of alkyl halides is 3. The highest BCUT2D eigenvalue weighted by Crippen LogP contribution is 2.59. The molecule has 0 aliphatic heterocycles. The number of rotatable bonds is 6. The maximum atomic E-state index is 13.7. The van der Waals surface area contributed by atoms with Gasteiger partial charge in [-0.15, -0.1) is 0 Å². The van der Waals surface area contributed by atoms with E-state index in [1.165, 1.54) is 12.1 Å². The lowest BCUT2D eigenvalue weighted by atomic mass is 10.2. The van der Waals surface area contributed by atoms with E-state index in [1.807, 2.05) is 0 Å². The molecule has 11 heteroatoms. The molecule has 0 amide bonds. The van der Waals surface area contributed by atoms with E-state index >= 15 is 0 Å². The summed E-state index contributed by atoms with van der Waals surface area (Å²) < 4.78 is 63.1. The van der Waals surface area contributed by atoms with Crippen molar-refractivity contribution in [1.82, 2.24) is 0 Å². The van der Waals surface area contributed by atoms with Gasteiger partial charge < -0.3 is 9.26 Å². The fourth-order valence-electron chi connectivity index (χ4n) is 2.65. The normalized spacial score (nSPS) is 14.3. The van der Waals surface area contributed by atoms with Crippen molar-refractivity contribution >= 4 is 30.0 Å². The van der Waals surface area contributed by atoms with Gasteiger partial charge in [-0.05, 0) is 31.2 Å². The van der Waals surface area contributed by atoms with Crippen molar-refractivity contribution in [2.45, 2.75) is 39.0 Å². The van der Waals surface area contributed by atoms with Crippen molar-refractivity contribution in [3.8, 4) is 11.5 Å². The van der Waals surface area contributed by atoms with Crippen molar-refractivity contribution < 1.29 is 31.9 Å². The maximum absolute atomic E-state index is 13.7. The summed E-state index contributed by atoms with van der Waals surface area (Å²) in [5.41, 5.74) is -1.36. The first-order valence-electron chi connectivity index (χ1n) is 8.79. The predicted molar refractivity (Wildman–Crippen MR) is 108 cm³/mol. The second-order valence-electron chi connectivity index (χ2n) is 7.29. The summed E-state index contributed by atoms with van der Waals surface area (Å²) in [6, 6.07) is 6.11. The van der Waals surface area contributed by atoms with E-state index in [0.29, 0.717) is 6.07 Å². The minimum absolute atomic E-state index is 0.0152. The first-order valence-corrected chi connectivity index (χ1v) is 10.8. The van der Waals surface area contributed by atoms with Gasteiger partial charge in [0.2, 0.25) is 7.37 Å². The van der Waals surface area contributed by atoms with Crippen LogP contribution in [0.4, 0.5) is 18.9 Å². The summed E-state index contributed by atoms with van der Waals surface area (Å²) in [7, 11) is -3.72. The number of benzene rings is 2. The lowest BCUT2D eigenvalue weighted by molar-refractivity contribution is -0.383. The van der Waals surface area contributed by atoms with Gasteiger partial charge in [0.1, 0.15) is 16.8 Å². The molecule has 0 radical (unpaired) electrons. The minimum atomic E-state index is -4.57. The van der Waals surface area contributed by atoms with Crippen LogP contribution in [-0.4, -0.2) is 16.7 Å². The molecular weight excluding hydrogens is 446 g/mol. The van der Waals surface area contributed by atoms with Crippen LogP contribution in [0, 0.1) is 10.1 Å². The summed E-state index contributed by atoms with van der Waals surface area (Å²) in [6.45, 7) is 6.57. The standard InChI is InChI=1S/C19H20ClF3NO5P/c1-5-28-30(27,18(2,3)4)17-11-13(7-8-15(17)24(25)26)29-16-9-6-12(10-14(16)20)19(21,22)23/h6-11H,5H2,1-4H3. The number of nitro benzene ring substituents is 1. The lowest BCUT2D eigenvalue weighted by Crippen LogP contribution is -2.26. The van der Waals surface area contributed by atoms with Crippen molar-refractivity contribution in [3.63, 3.8) is 0 Å². The zero-order valence-corrected chi connectivity index (χ0v) is 18.3. The molecule has 2 aromatic carbocycles. The van der Waals surface area contributed by atoms with Gasteiger partial charge in [0, 0.05) is 17.3 Å². The molecule has 0 saturated carbocycles. The zero-order valence-electron chi connectivity index (χ0n) is 16.6. The molecule has 0 N–H and O–H groups in total. The summed E-state index contributed by atoms with van der Waals surface area (Å²) in [5, 5.41) is 10.1. The lowest BCUT2D eigenvalue weighted by Gasteiger charge is -2.30. The van der Waals surface area contributed by atoms with E-state index in [0.717, 1.165) is 18.2 Å². The van der Waals surface area contributed by atoms with E-state index in [4.69, 9.17) is 20.9 Å². The van der Waals surface area contributed by atoms with E-state index in [1.54, 1.807) is 27.7 Å². The molecule has 0 fully saturated rings. The SMILES string of the molecule is CCOP(=O)(c1cc(Oc2ccc(C(F)(F)F)cc2Cl)ccc1[N+](=O)[O-])C(C)(C)C. The minimum Gasteiger partial charge on any atom is -0.456 e. The topological polar surface area (TPSA) is 78.7 Å². The Morgan fingerprint density at radius 3 is 2.23 bits per heavy atom. The highest BCUT2D eigenvalue weighted by atomic mass is 35.5. The number of nitrogens with zero attached hydrogens (tertiary/aromatic N) is 1. The van der Waals surface area contributed by atoms with Crippen LogP contribution in [-0.2, 0) is 15.3 Å². The van der Waals surface area contributed by atoms with Gasteiger partial charge in [-0.25, -0.2) is 0 Å². The molecule has 2 rings (SSSR count). The highest BCUT2D eigenvalue weighted by Gasteiger charge is 2.44. The third-order valence-electron chi connectivity index (χ3n) is 4.14. The summed E-state index contributed by atoms with van der Waals surface area (Å²) in [6.07, 6.45) is -4.57. The van der Waals surface area contributed by atoms with Crippen LogP contribution in [0.5, 0.6) is 11.5 Å². The molecule has 0 aliphatic carbocycles. The van der Waals surface area contributed by atoms with Crippen LogP contribution in [0.15, 0.2) is 36.4 Å². The van der Waals surface area contributed by atoms with Crippen molar-refractivity contribution in [2.24, 2.45) is 0 Å². The number of hydrogen-bond acceptors (Lipinski definition) is 5. The van der Waals surface area contributed by atoms with Gasteiger partial charge in [-0.2, -0.15) is 13.2 Å². The fourth-order valence-corrected chi connectivity index (χ4v) is 5.24. The molecule has 2 aromatic rings. The molecule has 0 spiro atoms. The van der Waals surface area contributed by atoms with Gasteiger partial charge in [0.25, 0.3) is 5.69 Å². The molecule has 6 nitrogen and oxygen atoms in total. The number of hydrogen-bond donors (Lipinski definition) is 0. The van der Waals surface area contributed by atoms with Gasteiger partial charge in [0.15, 0.2) is 0 Å². The molecule has 164 valence electrons. The zero-order chi connectivity index (χ0) is 22.9. The molecule has 1 unspecified atom stereocenters. The molecule has 0 heterocycles. The second kappa shape index (κ2) is 8.57. The third-order valence-corrected chi connectivity index (χ3v) is 7.82. The Balaban J connectivity index is 2.56. The smallest absolute Gasteiger partial charge is 0.416 e. The maximum Gasteiger partial charge on any atom is 0.416 e. The van der Waals surface area contributed by atoms with Crippen LogP contribution >= 0.6 is 19.0 Å². The van der Waals surface area contributed by atoms with E-state index in [2.05, 4.69) is 0 Å². The molecule has 30 heavy (non-hydrogen) atoms. The first-order chi connectivity index (χ1) is 13.7. The van der Waals surface area contributed by atoms with Crippen molar-refractivity contribution in [2.75, 3.05) is 6.61 Å². The highest BCUT2D eigenvalue weighted by molar-refractivity contribution is 7.68. The predicted octanol–water partition coefficient (Wildman–Crippen LogP) is 6.80. The second-order valence-corrected chi connectivity index (χ2v) is 10.9. The Morgan fingerprint density at radius 2 is 1.77 bits per heavy atom. The van der Waals surface area contributed by atoms with Crippen molar-refractivity contribution in [1.29, 1.82) is 0 Å². The molecule has 1 atom stereocenters. The summed E-state index contributed by atoms with van der Waals surface area (Å²) in [4.78, 5) is 10.8. The first kappa shape index (κ1) is 24.2. The Hall–Kier alpha value is -2.09. The molecule has 0 aliphatic rings. The van der Waals surface area contributed by atoms with Crippen LogP contribution in [0.3, 0.4) is 0 Å². The van der Waals surface area contributed by atoms with Crippen LogP contribution < -0.4 is 10.0 Å². The fraction of sp³-hybridized carbons (Fsp3) is 0.368. The van der Waals surface area contributed by atoms with Crippen LogP contribution in [0.25, 0.3) is 0 Å². The Labute approximate surface area is 176 Å². The quantitative estimate of drug-likeness (QED) is 0.266. The molecule has 0 bridgehead atoms. The Kier molecular flexibility index (Phi) is 6.91. The third kappa shape index (κ3) is 4.96. The summed E-state index contributed by atoms with van der Waals surface area (Å²) >= 11 is 5.91. The summed E-state index contributed by atoms with van der Waals surface area (Å²) in [5.74, 6) is -0.0760. The van der Waals surface area contributed by atoms with Gasteiger partial charge in [0.05, 0.1) is 22.1 Å². The largest absolute Gasteiger partial charge is 0.456 e. The number of ether oxygens (including phenoxy) is 1. The molecule has 0 aromatic heterocycles. The van der Waals surface area contributed by atoms with E-state index < -0.39 is 34.9 Å². The molecular formula is C19H20ClF3NO5P. The van der Waals surface area contributed by atoms with Crippen LogP contribution in [0.2, 0.25) is 5.02 Å². The average molecular weight is 466 g/mol. The Bertz CT molecular complexity index is 1000. The van der Waals surface area contributed by atoms with Crippen LogP contribution in [0.1, 0.15) is 33.3 Å². The Morgan fingerprint density at radius 1 is 1.13 bits per heavy atom. The van der Waals surface area contributed by atoms with E-state index in [-0.39, 0.29) is 28.4 Å². The average Bonchev–Trinajstić information content (AvgIpc) is 2.61. The van der Waals surface area contributed by atoms with Gasteiger partial charge >= 0.3 is 6.18 Å². The van der Waals surface area contributed by atoms with Gasteiger partial charge in [-0.3, -0.25) is 14.7 Å². The number of nitro groups is 1. The monoisotopic (exact) mass is 465 g/mol. The number of halogens is 4. The molecule has 0 saturated heterocycles. The van der Waals surface area contributed by atoms with E-state index in [9.17, 15) is 27.9 Å².